The van der Waals surface area contributed by atoms with Gasteiger partial charge < -0.3 is 19.1 Å². The van der Waals surface area contributed by atoms with E-state index in [9.17, 15) is 24.0 Å². The maximum Gasteiger partial charge on any atom is 0.328 e. The first-order valence-electron chi connectivity index (χ1n) is 10.5. The topological polar surface area (TPSA) is 140 Å². The first kappa shape index (κ1) is 26.1. The third-order valence-corrected chi connectivity index (χ3v) is 4.62. The third kappa shape index (κ3) is 6.92. The molecule has 0 bridgehead atoms. The molecule has 1 aromatic carbocycles. The molecule has 1 aliphatic heterocycles. The van der Waals surface area contributed by atoms with Crippen molar-refractivity contribution in [2.75, 3.05) is 38.3 Å². The monoisotopic (exact) mass is 473 g/mol. The minimum Gasteiger partial charge on any atom is -0.496 e. The standard InChI is InChI=1S/C23H27N3O8/c1-5-33-19(27)12-26(13-20(28)34-6-2)17-11-18(32-4)15(10-14(17)3)8-7-9-16-21(29)24-23(31)25-22(16)30/h7-11H,5-6,12-13H2,1-4H3,(H2,24,25,29,30,31)/b8-7+. The number of urea groups is 1. The van der Waals surface area contributed by atoms with Crippen LogP contribution in [0, 0.1) is 6.92 Å². The van der Waals surface area contributed by atoms with Gasteiger partial charge in [-0.2, -0.15) is 0 Å². The van der Waals surface area contributed by atoms with Gasteiger partial charge in [0.15, 0.2) is 0 Å². The van der Waals surface area contributed by atoms with E-state index in [4.69, 9.17) is 14.2 Å². The van der Waals surface area contributed by atoms with Crippen molar-refractivity contribution >= 4 is 41.5 Å². The van der Waals surface area contributed by atoms with E-state index in [1.807, 2.05) is 10.6 Å². The maximum atomic E-state index is 12.1. The first-order valence-corrected chi connectivity index (χ1v) is 10.5. The first-order chi connectivity index (χ1) is 16.2. The number of aryl methyl sites for hydroxylation is 1. The van der Waals surface area contributed by atoms with E-state index in [2.05, 4.69) is 0 Å². The molecule has 4 amide bonds. The van der Waals surface area contributed by atoms with Crippen LogP contribution in [0.5, 0.6) is 5.75 Å². The van der Waals surface area contributed by atoms with Gasteiger partial charge in [-0.1, -0.05) is 12.2 Å². The second-order valence-corrected chi connectivity index (χ2v) is 7.02. The molecule has 0 spiro atoms. The summed E-state index contributed by atoms with van der Waals surface area (Å²) >= 11 is 0. The van der Waals surface area contributed by atoms with Crippen LogP contribution in [-0.2, 0) is 28.7 Å². The van der Waals surface area contributed by atoms with E-state index < -0.39 is 29.8 Å². The Hall–Kier alpha value is -4.15. The van der Waals surface area contributed by atoms with Gasteiger partial charge in [0.1, 0.15) is 24.4 Å². The molecule has 1 saturated heterocycles. The average Bonchev–Trinajstić information content (AvgIpc) is 2.75. The molecule has 11 heteroatoms. The highest BCUT2D eigenvalue weighted by Crippen LogP contribution is 2.31. The van der Waals surface area contributed by atoms with Crippen LogP contribution >= 0.6 is 0 Å². The van der Waals surface area contributed by atoms with Crippen LogP contribution in [0.3, 0.4) is 0 Å². The zero-order valence-electron chi connectivity index (χ0n) is 19.4. The number of methoxy groups -OCH3 is 1. The van der Waals surface area contributed by atoms with Crippen molar-refractivity contribution in [2.24, 2.45) is 0 Å². The van der Waals surface area contributed by atoms with Crippen molar-refractivity contribution in [2.45, 2.75) is 20.8 Å². The van der Waals surface area contributed by atoms with E-state index in [-0.39, 0.29) is 31.9 Å². The number of rotatable bonds is 10. The van der Waals surface area contributed by atoms with Crippen LogP contribution < -0.4 is 20.3 Å². The van der Waals surface area contributed by atoms with Crippen LogP contribution in [0.1, 0.15) is 25.0 Å². The van der Waals surface area contributed by atoms with E-state index in [1.54, 1.807) is 39.0 Å². The summed E-state index contributed by atoms with van der Waals surface area (Å²) in [6.45, 7) is 5.26. The number of esters is 2. The minimum atomic E-state index is -0.876. The van der Waals surface area contributed by atoms with Crippen LogP contribution in [0.15, 0.2) is 29.9 Å². The highest BCUT2D eigenvalue weighted by atomic mass is 16.5. The molecule has 0 radical (unpaired) electrons. The van der Waals surface area contributed by atoms with Crippen molar-refractivity contribution in [1.29, 1.82) is 0 Å². The number of carbonyl (C=O) groups excluding carboxylic acids is 5. The van der Waals surface area contributed by atoms with Gasteiger partial charge in [-0.25, -0.2) is 4.79 Å². The number of benzene rings is 1. The molecule has 0 aliphatic carbocycles. The summed E-state index contributed by atoms with van der Waals surface area (Å²) < 4.78 is 15.5. The van der Waals surface area contributed by atoms with Crippen LogP contribution in [-0.4, -0.2) is 63.2 Å². The fraction of sp³-hybridized carbons (Fsp3) is 0.348. The van der Waals surface area contributed by atoms with Gasteiger partial charge >= 0.3 is 18.0 Å². The number of hydrogen-bond donors (Lipinski definition) is 2. The Balaban J connectivity index is 2.35. The Kier molecular flexibility index (Phi) is 9.36. The summed E-state index contributed by atoms with van der Waals surface area (Å²) in [6.07, 6.45) is 4.35. The summed E-state index contributed by atoms with van der Waals surface area (Å²) in [5.74, 6) is -2.18. The molecule has 2 N–H and O–H groups in total. The molecule has 0 saturated carbocycles. The molecule has 1 heterocycles. The van der Waals surface area contributed by atoms with E-state index in [0.717, 1.165) is 5.56 Å². The SMILES string of the molecule is CCOC(=O)CN(CC(=O)OCC)c1cc(OC)c(/C=C/C=C2C(=O)NC(=O)NC2=O)cc1C. The lowest BCUT2D eigenvalue weighted by molar-refractivity contribution is -0.142. The molecule has 11 nitrogen and oxygen atoms in total. The molecule has 0 unspecified atom stereocenters. The highest BCUT2D eigenvalue weighted by Gasteiger charge is 2.27. The molecule has 1 aliphatic rings. The van der Waals surface area contributed by atoms with Crippen LogP contribution in [0.2, 0.25) is 0 Å². The number of ether oxygens (including phenoxy) is 3. The lowest BCUT2D eigenvalue weighted by Gasteiger charge is -2.25. The molecule has 182 valence electrons. The number of hydrogen-bond acceptors (Lipinski definition) is 9. The van der Waals surface area contributed by atoms with Gasteiger partial charge in [-0.05, 0) is 38.5 Å². The summed E-state index contributed by atoms with van der Waals surface area (Å²) in [5.41, 5.74) is 1.68. The van der Waals surface area contributed by atoms with Crippen molar-refractivity contribution in [3.05, 3.63) is 41.0 Å². The van der Waals surface area contributed by atoms with Gasteiger partial charge in [0.05, 0.1) is 20.3 Å². The molecule has 2 rings (SSSR count). The van der Waals surface area contributed by atoms with Crippen LogP contribution in [0.4, 0.5) is 10.5 Å². The number of nitrogens with zero attached hydrogens (tertiary/aromatic N) is 1. The molecule has 34 heavy (non-hydrogen) atoms. The Bertz CT molecular complexity index is 1000. The van der Waals surface area contributed by atoms with Crippen molar-refractivity contribution < 1.29 is 38.2 Å². The largest absolute Gasteiger partial charge is 0.496 e. The number of barbiturate groups is 1. The number of anilines is 1. The minimum absolute atomic E-state index is 0.166. The van der Waals surface area contributed by atoms with Gasteiger partial charge in [0, 0.05) is 17.3 Å². The van der Waals surface area contributed by atoms with Crippen molar-refractivity contribution in [3.8, 4) is 5.75 Å². The molecule has 0 aromatic heterocycles. The molecular formula is C23H27N3O8. The van der Waals surface area contributed by atoms with E-state index in [0.29, 0.717) is 17.0 Å². The highest BCUT2D eigenvalue weighted by molar-refractivity contribution is 6.29. The number of carbonyl (C=O) groups is 5. The quantitative estimate of drug-likeness (QED) is 0.292. The van der Waals surface area contributed by atoms with Crippen molar-refractivity contribution in [1.82, 2.24) is 10.6 Å². The second-order valence-electron chi connectivity index (χ2n) is 7.02. The molecule has 1 aromatic rings. The van der Waals surface area contributed by atoms with E-state index >= 15 is 0 Å². The molecular weight excluding hydrogens is 446 g/mol. The predicted molar refractivity (Wildman–Crippen MR) is 122 cm³/mol. The maximum absolute atomic E-state index is 12.1. The third-order valence-electron chi connectivity index (χ3n) is 4.62. The number of amides is 4. The van der Waals surface area contributed by atoms with Gasteiger partial charge in [-0.15, -0.1) is 0 Å². The van der Waals surface area contributed by atoms with Crippen molar-refractivity contribution in [3.63, 3.8) is 0 Å². The van der Waals surface area contributed by atoms with Gasteiger partial charge in [0.2, 0.25) is 0 Å². The lowest BCUT2D eigenvalue weighted by Crippen LogP contribution is -2.51. The summed E-state index contributed by atoms with van der Waals surface area (Å²) in [7, 11) is 1.46. The predicted octanol–water partition coefficient (Wildman–Crippen LogP) is 1.24. The fourth-order valence-electron chi connectivity index (χ4n) is 3.17. The van der Waals surface area contributed by atoms with Crippen LogP contribution in [0.25, 0.3) is 6.08 Å². The molecule has 0 atom stereocenters. The van der Waals surface area contributed by atoms with E-state index in [1.165, 1.54) is 24.2 Å². The second kappa shape index (κ2) is 12.2. The average molecular weight is 473 g/mol. The summed E-state index contributed by atoms with van der Waals surface area (Å²) in [6, 6.07) is 2.55. The normalized spacial score (nSPS) is 13.3. The fourth-order valence-corrected chi connectivity index (χ4v) is 3.17. The lowest BCUT2D eigenvalue weighted by atomic mass is 10.1. The Morgan fingerprint density at radius 2 is 1.53 bits per heavy atom. The van der Waals surface area contributed by atoms with Gasteiger partial charge in [-0.3, -0.25) is 29.8 Å². The zero-order valence-corrected chi connectivity index (χ0v) is 19.4. The van der Waals surface area contributed by atoms with Gasteiger partial charge in [0.25, 0.3) is 11.8 Å². The summed E-state index contributed by atoms with van der Waals surface area (Å²) in [5, 5.41) is 3.98. The summed E-state index contributed by atoms with van der Waals surface area (Å²) in [4.78, 5) is 60.6. The number of nitrogens with one attached hydrogen (secondary N) is 2. The zero-order chi connectivity index (χ0) is 25.3. The Morgan fingerprint density at radius 3 is 2.03 bits per heavy atom. The Labute approximate surface area is 196 Å². The smallest absolute Gasteiger partial charge is 0.328 e. The number of imide groups is 2. The number of allylic oxidation sites excluding steroid dienone is 2. The molecule has 1 fully saturated rings. The Morgan fingerprint density at radius 1 is 0.971 bits per heavy atom.